The third-order valence-corrected chi connectivity index (χ3v) is 2.68. The summed E-state index contributed by atoms with van der Waals surface area (Å²) in [5.74, 6) is -0.961. The minimum Gasteiger partial charge on any atom is -0.388 e. The molecule has 0 heterocycles. The summed E-state index contributed by atoms with van der Waals surface area (Å²) in [5, 5.41) is 2.96. The smallest absolute Gasteiger partial charge is 0.233 e. The second kappa shape index (κ2) is 5.27. The van der Waals surface area contributed by atoms with Crippen LogP contribution in [0, 0.1) is 0 Å². The van der Waals surface area contributed by atoms with E-state index in [1.54, 1.807) is 55.6 Å². The van der Waals surface area contributed by atoms with Gasteiger partial charge in [0.2, 0.25) is 11.6 Å². The van der Waals surface area contributed by atoms with Crippen molar-refractivity contribution < 1.29 is 9.59 Å². The molecular weight excluding hydrogens is 226 g/mol. The normalized spacial score (nSPS) is 9.83. The zero-order valence-electron chi connectivity index (χ0n) is 10.0. The minimum absolute atomic E-state index is 0.405. The van der Waals surface area contributed by atoms with E-state index in [1.807, 2.05) is 6.07 Å². The molecule has 0 aliphatic rings. The number of rotatable bonds is 4. The van der Waals surface area contributed by atoms with Crippen LogP contribution >= 0.6 is 0 Å². The van der Waals surface area contributed by atoms with E-state index in [-0.39, 0.29) is 0 Å². The number of carbonyl (C=O) groups is 2. The molecule has 0 amide bonds. The van der Waals surface area contributed by atoms with Crippen LogP contribution in [0.2, 0.25) is 0 Å². The van der Waals surface area contributed by atoms with Crippen LogP contribution in [-0.4, -0.2) is 18.6 Å². The molecule has 0 aromatic heterocycles. The summed E-state index contributed by atoms with van der Waals surface area (Å²) in [5.41, 5.74) is 1.72. The molecule has 2 rings (SSSR count). The lowest BCUT2D eigenvalue weighted by Gasteiger charge is -2.02. The first kappa shape index (κ1) is 12.0. The molecule has 0 fully saturated rings. The van der Waals surface area contributed by atoms with Crippen molar-refractivity contribution in [2.24, 2.45) is 0 Å². The Kier molecular flexibility index (Phi) is 3.53. The number of Topliss-reactive ketones (excluding diaryl/α,β-unsaturated/α-hetero) is 2. The summed E-state index contributed by atoms with van der Waals surface area (Å²) in [7, 11) is 1.80. The summed E-state index contributed by atoms with van der Waals surface area (Å²) in [6, 6.07) is 15.4. The molecule has 0 aliphatic carbocycles. The fraction of sp³-hybridized carbons (Fsp3) is 0.0667. The van der Waals surface area contributed by atoms with E-state index >= 15 is 0 Å². The van der Waals surface area contributed by atoms with Gasteiger partial charge in [0, 0.05) is 23.9 Å². The van der Waals surface area contributed by atoms with E-state index in [1.165, 1.54) is 0 Å². The fourth-order valence-electron chi connectivity index (χ4n) is 1.64. The highest BCUT2D eigenvalue weighted by Gasteiger charge is 2.17. The fourth-order valence-corrected chi connectivity index (χ4v) is 1.64. The summed E-state index contributed by atoms with van der Waals surface area (Å²) < 4.78 is 0. The number of anilines is 1. The molecule has 2 aromatic carbocycles. The Morgan fingerprint density at radius 1 is 0.778 bits per heavy atom. The largest absolute Gasteiger partial charge is 0.388 e. The lowest BCUT2D eigenvalue weighted by atomic mass is 10.0. The monoisotopic (exact) mass is 239 g/mol. The molecular formula is C15H13NO2. The number of benzene rings is 2. The molecule has 2 aromatic rings. The highest BCUT2D eigenvalue weighted by molar-refractivity contribution is 6.49. The van der Waals surface area contributed by atoms with Crippen LogP contribution in [0.25, 0.3) is 0 Å². The van der Waals surface area contributed by atoms with E-state index in [2.05, 4.69) is 5.32 Å². The maximum atomic E-state index is 12.0. The molecule has 0 bridgehead atoms. The van der Waals surface area contributed by atoms with Crippen LogP contribution in [-0.2, 0) is 0 Å². The molecule has 1 N–H and O–H groups in total. The van der Waals surface area contributed by atoms with Crippen molar-refractivity contribution in [1.82, 2.24) is 0 Å². The van der Waals surface area contributed by atoms with Crippen molar-refractivity contribution in [3.8, 4) is 0 Å². The average molecular weight is 239 g/mol. The predicted molar refractivity (Wildman–Crippen MR) is 71.1 cm³/mol. The Morgan fingerprint density at radius 3 is 1.78 bits per heavy atom. The van der Waals surface area contributed by atoms with Gasteiger partial charge in [-0.25, -0.2) is 0 Å². The highest BCUT2D eigenvalue weighted by Crippen LogP contribution is 2.11. The van der Waals surface area contributed by atoms with Gasteiger partial charge in [0.15, 0.2) is 0 Å². The minimum atomic E-state index is -0.483. The van der Waals surface area contributed by atoms with Gasteiger partial charge in [-0.2, -0.15) is 0 Å². The summed E-state index contributed by atoms with van der Waals surface area (Å²) >= 11 is 0. The molecule has 0 unspecified atom stereocenters. The van der Waals surface area contributed by atoms with E-state index in [0.717, 1.165) is 5.69 Å². The predicted octanol–water partition coefficient (Wildman–Crippen LogP) is 2.79. The average Bonchev–Trinajstić information content (AvgIpc) is 2.47. The molecule has 0 atom stereocenters. The standard InChI is InChI=1S/C15H13NO2/c1-16-13-9-7-12(8-10-13)15(18)14(17)11-5-3-2-4-6-11/h2-10,16H,1H3. The Bertz CT molecular complexity index is 559. The lowest BCUT2D eigenvalue weighted by Crippen LogP contribution is -2.14. The number of ketones is 2. The van der Waals surface area contributed by atoms with E-state index in [4.69, 9.17) is 0 Å². The number of carbonyl (C=O) groups excluding carboxylic acids is 2. The maximum absolute atomic E-state index is 12.0. The zero-order valence-corrected chi connectivity index (χ0v) is 10.0. The van der Waals surface area contributed by atoms with Gasteiger partial charge in [-0.15, -0.1) is 0 Å². The molecule has 0 radical (unpaired) electrons. The molecule has 0 spiro atoms. The van der Waals surface area contributed by atoms with Gasteiger partial charge >= 0.3 is 0 Å². The summed E-state index contributed by atoms with van der Waals surface area (Å²) in [6.07, 6.45) is 0. The Hall–Kier alpha value is -2.42. The van der Waals surface area contributed by atoms with E-state index < -0.39 is 11.6 Å². The molecule has 0 saturated heterocycles. The van der Waals surface area contributed by atoms with Gasteiger partial charge < -0.3 is 5.32 Å². The van der Waals surface area contributed by atoms with Gasteiger partial charge in [0.05, 0.1) is 0 Å². The quantitative estimate of drug-likeness (QED) is 0.659. The van der Waals surface area contributed by atoms with Gasteiger partial charge in [0.1, 0.15) is 0 Å². The molecule has 3 heteroatoms. The van der Waals surface area contributed by atoms with Crippen molar-refractivity contribution in [2.45, 2.75) is 0 Å². The first-order valence-electron chi connectivity index (χ1n) is 5.64. The van der Waals surface area contributed by atoms with Gasteiger partial charge in [-0.3, -0.25) is 9.59 Å². The first-order valence-corrected chi connectivity index (χ1v) is 5.64. The van der Waals surface area contributed by atoms with Crippen LogP contribution in [0.3, 0.4) is 0 Å². The second-order valence-corrected chi connectivity index (χ2v) is 3.85. The van der Waals surface area contributed by atoms with E-state index in [0.29, 0.717) is 11.1 Å². The van der Waals surface area contributed by atoms with Crippen molar-refractivity contribution in [2.75, 3.05) is 12.4 Å². The van der Waals surface area contributed by atoms with Crippen LogP contribution in [0.1, 0.15) is 20.7 Å². The molecule has 18 heavy (non-hydrogen) atoms. The Morgan fingerprint density at radius 2 is 1.28 bits per heavy atom. The van der Waals surface area contributed by atoms with Crippen molar-refractivity contribution in [1.29, 1.82) is 0 Å². The maximum Gasteiger partial charge on any atom is 0.233 e. The SMILES string of the molecule is CNc1ccc(C(=O)C(=O)c2ccccc2)cc1. The van der Waals surface area contributed by atoms with Gasteiger partial charge in [-0.1, -0.05) is 30.3 Å². The zero-order chi connectivity index (χ0) is 13.0. The van der Waals surface area contributed by atoms with Crippen molar-refractivity contribution in [3.05, 3.63) is 65.7 Å². The number of nitrogens with one attached hydrogen (secondary N) is 1. The summed E-state index contributed by atoms with van der Waals surface area (Å²) in [6.45, 7) is 0. The first-order chi connectivity index (χ1) is 8.72. The van der Waals surface area contributed by atoms with Crippen LogP contribution in [0.5, 0.6) is 0 Å². The van der Waals surface area contributed by atoms with Gasteiger partial charge in [-0.05, 0) is 24.3 Å². The van der Waals surface area contributed by atoms with Crippen LogP contribution in [0.4, 0.5) is 5.69 Å². The number of hydrogen-bond acceptors (Lipinski definition) is 3. The van der Waals surface area contributed by atoms with Crippen molar-refractivity contribution >= 4 is 17.3 Å². The van der Waals surface area contributed by atoms with Crippen LogP contribution in [0.15, 0.2) is 54.6 Å². The number of hydrogen-bond donors (Lipinski definition) is 1. The van der Waals surface area contributed by atoms with Crippen molar-refractivity contribution in [3.63, 3.8) is 0 Å². The third kappa shape index (κ3) is 2.46. The highest BCUT2D eigenvalue weighted by atomic mass is 16.2. The topological polar surface area (TPSA) is 46.2 Å². The molecule has 0 aliphatic heterocycles. The van der Waals surface area contributed by atoms with Crippen LogP contribution < -0.4 is 5.32 Å². The lowest BCUT2D eigenvalue weighted by molar-refractivity contribution is 0.0817. The Labute approximate surface area is 105 Å². The second-order valence-electron chi connectivity index (χ2n) is 3.85. The summed E-state index contributed by atoms with van der Waals surface area (Å²) in [4.78, 5) is 23.9. The Balaban J connectivity index is 2.23. The van der Waals surface area contributed by atoms with Gasteiger partial charge in [0.25, 0.3) is 0 Å². The third-order valence-electron chi connectivity index (χ3n) is 2.68. The molecule has 3 nitrogen and oxygen atoms in total. The van der Waals surface area contributed by atoms with E-state index in [9.17, 15) is 9.59 Å². The molecule has 0 saturated carbocycles. The molecule has 90 valence electrons.